The summed E-state index contributed by atoms with van der Waals surface area (Å²) in [5.74, 6) is 0.193. The fourth-order valence-corrected chi connectivity index (χ4v) is 2.48. The first-order chi connectivity index (χ1) is 8.84. The van der Waals surface area contributed by atoms with Crippen LogP contribution in [0.15, 0.2) is 0 Å². The van der Waals surface area contributed by atoms with Crippen LogP contribution >= 0.6 is 0 Å². The second-order valence-corrected chi connectivity index (χ2v) is 5.58. The van der Waals surface area contributed by atoms with E-state index in [2.05, 4.69) is 15.5 Å². The molecule has 0 aromatic carbocycles. The molecule has 18 heavy (non-hydrogen) atoms. The Labute approximate surface area is 110 Å². The van der Waals surface area contributed by atoms with E-state index in [1.807, 2.05) is 0 Å². The van der Waals surface area contributed by atoms with Crippen molar-refractivity contribution in [2.75, 3.05) is 32.7 Å². The molecule has 1 saturated carbocycles. The van der Waals surface area contributed by atoms with Crippen molar-refractivity contribution in [3.8, 4) is 0 Å². The molecule has 1 amide bonds. The van der Waals surface area contributed by atoms with Crippen LogP contribution in [0.25, 0.3) is 0 Å². The van der Waals surface area contributed by atoms with E-state index in [0.717, 1.165) is 19.6 Å². The summed E-state index contributed by atoms with van der Waals surface area (Å²) in [5.41, 5.74) is 0. The van der Waals surface area contributed by atoms with Crippen LogP contribution in [0.2, 0.25) is 0 Å². The Bertz CT molecular complexity index is 245. The van der Waals surface area contributed by atoms with Crippen LogP contribution in [0.4, 0.5) is 0 Å². The molecule has 0 radical (unpaired) electrons. The molecule has 0 aromatic rings. The molecule has 1 heterocycles. The summed E-state index contributed by atoms with van der Waals surface area (Å²) in [5, 5.41) is 6.39. The van der Waals surface area contributed by atoms with Gasteiger partial charge in [0, 0.05) is 32.1 Å². The van der Waals surface area contributed by atoms with Gasteiger partial charge in [0.05, 0.1) is 0 Å². The van der Waals surface area contributed by atoms with E-state index >= 15 is 0 Å². The van der Waals surface area contributed by atoms with E-state index in [0.29, 0.717) is 12.5 Å². The van der Waals surface area contributed by atoms with Crippen LogP contribution in [0.3, 0.4) is 0 Å². The lowest BCUT2D eigenvalue weighted by Crippen LogP contribution is -2.36. The third-order valence-corrected chi connectivity index (χ3v) is 3.81. The highest BCUT2D eigenvalue weighted by Crippen LogP contribution is 2.18. The lowest BCUT2D eigenvalue weighted by molar-refractivity contribution is -0.121. The Morgan fingerprint density at radius 2 is 1.78 bits per heavy atom. The van der Waals surface area contributed by atoms with Crippen LogP contribution in [0, 0.1) is 0 Å². The molecular weight excluding hydrogens is 226 g/mol. The van der Waals surface area contributed by atoms with Gasteiger partial charge in [0.25, 0.3) is 0 Å². The molecule has 2 N–H and O–H groups in total. The average molecular weight is 253 g/mol. The molecule has 2 aliphatic rings. The van der Waals surface area contributed by atoms with Gasteiger partial charge in [0.2, 0.25) is 5.91 Å². The van der Waals surface area contributed by atoms with E-state index in [1.165, 1.54) is 51.6 Å². The van der Waals surface area contributed by atoms with E-state index < -0.39 is 0 Å². The van der Waals surface area contributed by atoms with E-state index in [-0.39, 0.29) is 5.91 Å². The van der Waals surface area contributed by atoms with Crippen molar-refractivity contribution in [1.29, 1.82) is 0 Å². The van der Waals surface area contributed by atoms with Gasteiger partial charge in [-0.3, -0.25) is 4.79 Å². The maximum absolute atomic E-state index is 11.6. The molecule has 1 aliphatic heterocycles. The maximum atomic E-state index is 11.6. The van der Waals surface area contributed by atoms with Gasteiger partial charge >= 0.3 is 0 Å². The number of nitrogens with one attached hydrogen (secondary N) is 2. The lowest BCUT2D eigenvalue weighted by atomic mass is 10.2. The Hall–Kier alpha value is -0.610. The molecule has 4 heteroatoms. The highest BCUT2D eigenvalue weighted by atomic mass is 16.1. The van der Waals surface area contributed by atoms with Crippen molar-refractivity contribution >= 4 is 5.91 Å². The summed E-state index contributed by atoms with van der Waals surface area (Å²) >= 11 is 0. The van der Waals surface area contributed by atoms with Gasteiger partial charge in [-0.15, -0.1) is 0 Å². The van der Waals surface area contributed by atoms with Gasteiger partial charge in [-0.2, -0.15) is 0 Å². The van der Waals surface area contributed by atoms with Crippen LogP contribution in [0.5, 0.6) is 0 Å². The minimum absolute atomic E-state index is 0.193. The topological polar surface area (TPSA) is 44.4 Å². The largest absolute Gasteiger partial charge is 0.355 e. The van der Waals surface area contributed by atoms with Crippen molar-refractivity contribution in [2.45, 2.75) is 51.0 Å². The zero-order chi connectivity index (χ0) is 12.6. The van der Waals surface area contributed by atoms with Gasteiger partial charge < -0.3 is 15.5 Å². The second kappa shape index (κ2) is 7.74. The molecule has 0 aromatic heterocycles. The van der Waals surface area contributed by atoms with Crippen LogP contribution in [0.1, 0.15) is 44.9 Å². The van der Waals surface area contributed by atoms with Gasteiger partial charge in [-0.1, -0.05) is 12.8 Å². The summed E-state index contributed by atoms with van der Waals surface area (Å²) < 4.78 is 0. The number of nitrogens with zero attached hydrogens (tertiary/aromatic N) is 1. The van der Waals surface area contributed by atoms with Gasteiger partial charge in [0.1, 0.15) is 0 Å². The molecule has 2 rings (SSSR count). The third kappa shape index (κ3) is 5.83. The van der Waals surface area contributed by atoms with Crippen LogP contribution in [-0.4, -0.2) is 49.6 Å². The van der Waals surface area contributed by atoms with Crippen molar-refractivity contribution < 1.29 is 4.79 Å². The summed E-state index contributed by atoms with van der Waals surface area (Å²) in [6.07, 6.45) is 8.58. The van der Waals surface area contributed by atoms with E-state index in [4.69, 9.17) is 0 Å². The van der Waals surface area contributed by atoms with Crippen LogP contribution < -0.4 is 10.6 Å². The third-order valence-electron chi connectivity index (χ3n) is 3.81. The molecule has 104 valence electrons. The average Bonchev–Trinajstić information content (AvgIpc) is 3.16. The maximum Gasteiger partial charge on any atom is 0.221 e. The Kier molecular flexibility index (Phi) is 5.94. The smallest absolute Gasteiger partial charge is 0.221 e. The first-order valence-electron chi connectivity index (χ1n) is 7.57. The number of carbonyl (C=O) groups excluding carboxylic acids is 1. The molecular formula is C14H27N3O. The lowest BCUT2D eigenvalue weighted by Gasteiger charge is -2.19. The Morgan fingerprint density at radius 1 is 1.06 bits per heavy atom. The molecule has 1 saturated heterocycles. The van der Waals surface area contributed by atoms with E-state index in [1.54, 1.807) is 0 Å². The van der Waals surface area contributed by atoms with Crippen molar-refractivity contribution in [1.82, 2.24) is 15.5 Å². The first-order valence-corrected chi connectivity index (χ1v) is 7.57. The number of hydrogen-bond donors (Lipinski definition) is 2. The normalized spacial score (nSPS) is 21.6. The molecule has 0 atom stereocenters. The highest BCUT2D eigenvalue weighted by molar-refractivity contribution is 5.76. The number of likely N-dealkylation sites (tertiary alicyclic amines) is 1. The van der Waals surface area contributed by atoms with Gasteiger partial charge in [0.15, 0.2) is 0 Å². The Balaban J connectivity index is 1.46. The van der Waals surface area contributed by atoms with E-state index in [9.17, 15) is 4.79 Å². The number of amides is 1. The monoisotopic (exact) mass is 253 g/mol. The van der Waals surface area contributed by atoms with Gasteiger partial charge in [-0.05, 0) is 38.8 Å². The number of rotatable bonds is 7. The first kappa shape index (κ1) is 13.8. The summed E-state index contributed by atoms with van der Waals surface area (Å²) in [6.45, 7) is 5.07. The molecule has 0 unspecified atom stereocenters. The zero-order valence-electron chi connectivity index (χ0n) is 11.4. The zero-order valence-corrected chi connectivity index (χ0v) is 11.4. The molecule has 0 bridgehead atoms. The summed E-state index contributed by atoms with van der Waals surface area (Å²) in [7, 11) is 0. The minimum atomic E-state index is 0.193. The molecule has 1 aliphatic carbocycles. The molecule has 4 nitrogen and oxygen atoms in total. The van der Waals surface area contributed by atoms with Crippen molar-refractivity contribution in [3.63, 3.8) is 0 Å². The van der Waals surface area contributed by atoms with Crippen molar-refractivity contribution in [2.24, 2.45) is 0 Å². The summed E-state index contributed by atoms with van der Waals surface area (Å²) in [4.78, 5) is 14.1. The predicted molar refractivity (Wildman–Crippen MR) is 73.6 cm³/mol. The minimum Gasteiger partial charge on any atom is -0.355 e. The SMILES string of the molecule is O=C(CCNC1CC1)NCCN1CCCCCC1. The fourth-order valence-electron chi connectivity index (χ4n) is 2.48. The van der Waals surface area contributed by atoms with Crippen LogP contribution in [-0.2, 0) is 4.79 Å². The van der Waals surface area contributed by atoms with Gasteiger partial charge in [-0.25, -0.2) is 0 Å². The second-order valence-electron chi connectivity index (χ2n) is 5.58. The van der Waals surface area contributed by atoms with Crippen molar-refractivity contribution in [3.05, 3.63) is 0 Å². The number of carbonyl (C=O) groups is 1. The standard InChI is InChI=1S/C14H27N3O/c18-14(7-8-15-13-5-6-13)16-9-12-17-10-3-1-2-4-11-17/h13,15H,1-12H2,(H,16,18). The quantitative estimate of drug-likeness (QED) is 0.714. The molecule has 0 spiro atoms. The number of hydrogen-bond acceptors (Lipinski definition) is 3. The molecule has 2 fully saturated rings. The fraction of sp³-hybridized carbons (Fsp3) is 0.929. The highest BCUT2D eigenvalue weighted by Gasteiger charge is 2.20. The summed E-state index contributed by atoms with van der Waals surface area (Å²) in [6, 6.07) is 0.704. The predicted octanol–water partition coefficient (Wildman–Crippen LogP) is 1.12. The Morgan fingerprint density at radius 3 is 2.44 bits per heavy atom.